The topological polar surface area (TPSA) is 78.9 Å². The van der Waals surface area contributed by atoms with Crippen LogP contribution in [0.15, 0.2) is 97.2 Å². The number of hydrogen-bond donors (Lipinski definition) is 0. The maximum atomic E-state index is 12.9. The monoisotopic (exact) mass is 1010 g/mol. The summed E-state index contributed by atoms with van der Waals surface area (Å²) in [7, 11) is 0. The molecular formula is C67H114O6. The highest BCUT2D eigenvalue weighted by molar-refractivity contribution is 5.71. The Labute approximate surface area is 451 Å². The Balaban J connectivity index is 4.34. The third kappa shape index (κ3) is 59.1. The molecule has 0 spiro atoms. The molecule has 0 bridgehead atoms. The molecule has 0 aromatic rings. The summed E-state index contributed by atoms with van der Waals surface area (Å²) in [5.41, 5.74) is 0. The molecule has 418 valence electrons. The molecule has 73 heavy (non-hydrogen) atoms. The quantitative estimate of drug-likeness (QED) is 0.0261. The Hall–Kier alpha value is -3.67. The van der Waals surface area contributed by atoms with Crippen molar-refractivity contribution >= 4 is 17.9 Å². The number of carbonyl (C=O) groups is 3. The average Bonchev–Trinajstić information content (AvgIpc) is 3.39. The van der Waals surface area contributed by atoms with Crippen LogP contribution < -0.4 is 0 Å². The van der Waals surface area contributed by atoms with Crippen molar-refractivity contribution in [1.82, 2.24) is 0 Å². The fourth-order valence-corrected chi connectivity index (χ4v) is 8.48. The number of rotatable bonds is 55. The standard InChI is InChI=1S/C67H114O6/c1-4-7-10-13-16-19-22-25-27-29-30-31-32-33-34-35-36-37-38-39-41-42-45-48-51-54-57-60-66(69)72-63-64(62-71-65(68)59-56-53-50-47-44-24-21-18-15-12-9-6-3)73-67(70)61-58-55-52-49-46-43-40-28-26-23-20-17-14-11-8-5-2/h7,10,16,18-19,21,25,27,30-31,33-34,36-37,39,41,64H,4-6,8-9,11-15,17,20,22-24,26,28-29,32,35,38,40,42-63H2,1-3H3/b10-7-,19-16-,21-18-,27-25-,31-30-,34-33-,37-36-,41-39-. The summed E-state index contributed by atoms with van der Waals surface area (Å²) in [6.45, 7) is 6.50. The van der Waals surface area contributed by atoms with Crippen LogP contribution in [-0.2, 0) is 28.6 Å². The summed E-state index contributed by atoms with van der Waals surface area (Å²) >= 11 is 0. The van der Waals surface area contributed by atoms with E-state index in [1.54, 1.807) is 0 Å². The lowest BCUT2D eigenvalue weighted by atomic mass is 10.0. The zero-order valence-corrected chi connectivity index (χ0v) is 47.9. The second-order valence-corrected chi connectivity index (χ2v) is 20.2. The van der Waals surface area contributed by atoms with Gasteiger partial charge in [-0.25, -0.2) is 0 Å². The lowest BCUT2D eigenvalue weighted by Crippen LogP contribution is -2.30. The molecule has 6 nitrogen and oxygen atoms in total. The van der Waals surface area contributed by atoms with Gasteiger partial charge in [-0.2, -0.15) is 0 Å². The fraction of sp³-hybridized carbons (Fsp3) is 0.716. The van der Waals surface area contributed by atoms with E-state index in [1.165, 1.54) is 122 Å². The SMILES string of the molecule is CC/C=C\C/C=C\C/C=C\C/C=C\C/C=C\C/C=C\C/C=C\CCCCCCCC(=O)OCC(COC(=O)CCCCCCC/C=C\CCCCC)OC(=O)CCCCCCCCCCCCCCCCCC. The second kappa shape index (κ2) is 60.9. The smallest absolute Gasteiger partial charge is 0.306 e. The maximum absolute atomic E-state index is 12.9. The van der Waals surface area contributed by atoms with Crippen molar-refractivity contribution in [1.29, 1.82) is 0 Å². The predicted octanol–water partition coefficient (Wildman–Crippen LogP) is 20.9. The number of carbonyl (C=O) groups excluding carboxylic acids is 3. The molecule has 0 N–H and O–H groups in total. The Morgan fingerprint density at radius 1 is 0.288 bits per heavy atom. The second-order valence-electron chi connectivity index (χ2n) is 20.2. The van der Waals surface area contributed by atoms with Crippen LogP contribution in [0.3, 0.4) is 0 Å². The molecule has 0 rings (SSSR count). The zero-order valence-electron chi connectivity index (χ0n) is 47.9. The Morgan fingerprint density at radius 3 is 0.877 bits per heavy atom. The molecule has 0 radical (unpaired) electrons. The van der Waals surface area contributed by atoms with E-state index in [2.05, 4.69) is 118 Å². The molecule has 6 heteroatoms. The van der Waals surface area contributed by atoms with Gasteiger partial charge < -0.3 is 14.2 Å². The van der Waals surface area contributed by atoms with Crippen LogP contribution in [0.25, 0.3) is 0 Å². The summed E-state index contributed by atoms with van der Waals surface area (Å²) in [4.78, 5) is 38.2. The van der Waals surface area contributed by atoms with E-state index in [4.69, 9.17) is 14.2 Å². The molecule has 0 aliphatic carbocycles. The highest BCUT2D eigenvalue weighted by atomic mass is 16.6. The molecule has 0 saturated heterocycles. The first-order chi connectivity index (χ1) is 36.0. The van der Waals surface area contributed by atoms with Crippen molar-refractivity contribution in [2.24, 2.45) is 0 Å². The van der Waals surface area contributed by atoms with E-state index in [0.717, 1.165) is 128 Å². The van der Waals surface area contributed by atoms with Gasteiger partial charge in [0.15, 0.2) is 6.10 Å². The molecular weight excluding hydrogens is 901 g/mol. The van der Waals surface area contributed by atoms with E-state index < -0.39 is 6.10 Å². The van der Waals surface area contributed by atoms with Crippen LogP contribution in [-0.4, -0.2) is 37.2 Å². The predicted molar refractivity (Wildman–Crippen MR) is 316 cm³/mol. The summed E-state index contributed by atoms with van der Waals surface area (Å²) < 4.78 is 16.9. The number of unbranched alkanes of at least 4 members (excludes halogenated alkanes) is 28. The molecule has 0 aromatic carbocycles. The van der Waals surface area contributed by atoms with E-state index in [0.29, 0.717) is 19.3 Å². The van der Waals surface area contributed by atoms with Gasteiger partial charge in [-0.05, 0) is 103 Å². The van der Waals surface area contributed by atoms with Crippen molar-refractivity contribution in [2.75, 3.05) is 13.2 Å². The molecule has 0 aliphatic heterocycles. The Bertz CT molecular complexity index is 1440. The van der Waals surface area contributed by atoms with Gasteiger partial charge in [0.1, 0.15) is 13.2 Å². The fourth-order valence-electron chi connectivity index (χ4n) is 8.48. The molecule has 0 amide bonds. The molecule has 0 heterocycles. The van der Waals surface area contributed by atoms with Crippen LogP contribution >= 0.6 is 0 Å². The van der Waals surface area contributed by atoms with Crippen molar-refractivity contribution in [3.63, 3.8) is 0 Å². The first-order valence-corrected chi connectivity index (χ1v) is 30.7. The number of ether oxygens (including phenoxy) is 3. The van der Waals surface area contributed by atoms with Gasteiger partial charge in [0, 0.05) is 19.3 Å². The van der Waals surface area contributed by atoms with Gasteiger partial charge in [-0.15, -0.1) is 0 Å². The van der Waals surface area contributed by atoms with Crippen molar-refractivity contribution in [3.8, 4) is 0 Å². The minimum atomic E-state index is -0.788. The van der Waals surface area contributed by atoms with E-state index in [-0.39, 0.29) is 31.1 Å². The minimum Gasteiger partial charge on any atom is -0.462 e. The van der Waals surface area contributed by atoms with E-state index in [1.807, 2.05) is 0 Å². The molecule has 0 aliphatic rings. The molecule has 1 unspecified atom stereocenters. The lowest BCUT2D eigenvalue weighted by molar-refractivity contribution is -0.167. The first-order valence-electron chi connectivity index (χ1n) is 30.7. The van der Waals surface area contributed by atoms with Gasteiger partial charge in [-0.3, -0.25) is 14.4 Å². The van der Waals surface area contributed by atoms with E-state index in [9.17, 15) is 14.4 Å². The normalized spacial score (nSPS) is 12.8. The van der Waals surface area contributed by atoms with Gasteiger partial charge in [0.05, 0.1) is 0 Å². The van der Waals surface area contributed by atoms with Crippen LogP contribution in [0.2, 0.25) is 0 Å². The third-order valence-electron chi connectivity index (χ3n) is 13.1. The van der Waals surface area contributed by atoms with Gasteiger partial charge in [-0.1, -0.05) is 266 Å². The van der Waals surface area contributed by atoms with Crippen molar-refractivity contribution in [3.05, 3.63) is 97.2 Å². The van der Waals surface area contributed by atoms with Crippen LogP contribution in [0.4, 0.5) is 0 Å². The highest BCUT2D eigenvalue weighted by Crippen LogP contribution is 2.16. The summed E-state index contributed by atoms with van der Waals surface area (Å²) in [5.74, 6) is -0.906. The molecule has 0 saturated carbocycles. The highest BCUT2D eigenvalue weighted by Gasteiger charge is 2.19. The molecule has 0 fully saturated rings. The van der Waals surface area contributed by atoms with Crippen LogP contribution in [0.1, 0.15) is 290 Å². The summed E-state index contributed by atoms with van der Waals surface area (Å²) in [6, 6.07) is 0. The first kappa shape index (κ1) is 69.3. The van der Waals surface area contributed by atoms with Crippen LogP contribution in [0.5, 0.6) is 0 Å². The van der Waals surface area contributed by atoms with Crippen molar-refractivity contribution in [2.45, 2.75) is 297 Å². The van der Waals surface area contributed by atoms with Gasteiger partial charge in [0.2, 0.25) is 0 Å². The summed E-state index contributed by atoms with van der Waals surface area (Å²) in [6.07, 6.45) is 81.2. The largest absolute Gasteiger partial charge is 0.462 e. The minimum absolute atomic E-state index is 0.0861. The molecule has 0 aromatic heterocycles. The number of allylic oxidation sites excluding steroid dienone is 16. The lowest BCUT2D eigenvalue weighted by Gasteiger charge is -2.18. The molecule has 1 atom stereocenters. The van der Waals surface area contributed by atoms with Gasteiger partial charge in [0.25, 0.3) is 0 Å². The zero-order chi connectivity index (χ0) is 52.9. The van der Waals surface area contributed by atoms with Crippen LogP contribution in [0, 0.1) is 0 Å². The Morgan fingerprint density at radius 2 is 0.534 bits per heavy atom. The van der Waals surface area contributed by atoms with Gasteiger partial charge >= 0.3 is 17.9 Å². The summed E-state index contributed by atoms with van der Waals surface area (Å²) in [5, 5.41) is 0. The third-order valence-corrected chi connectivity index (χ3v) is 13.1. The average molecular weight is 1020 g/mol. The van der Waals surface area contributed by atoms with E-state index >= 15 is 0 Å². The maximum Gasteiger partial charge on any atom is 0.306 e. The number of esters is 3. The van der Waals surface area contributed by atoms with Crippen molar-refractivity contribution < 1.29 is 28.6 Å². The Kier molecular flexibility index (Phi) is 57.8. The number of hydrogen-bond acceptors (Lipinski definition) is 6.